The van der Waals surface area contributed by atoms with Crippen molar-refractivity contribution in [1.29, 1.82) is 0 Å². The van der Waals surface area contributed by atoms with Gasteiger partial charge in [0.1, 0.15) is 0 Å². The zero-order valence-corrected chi connectivity index (χ0v) is 14.3. The Bertz CT molecular complexity index is 301. The van der Waals surface area contributed by atoms with Gasteiger partial charge in [0, 0.05) is 12.1 Å². The lowest BCUT2D eigenvalue weighted by atomic mass is 9.78. The predicted octanol–water partition coefficient (Wildman–Crippen LogP) is 4.04. The molecular formula is C18H36N2. The molecule has 0 aromatic carbocycles. The smallest absolute Gasteiger partial charge is 0.0331 e. The van der Waals surface area contributed by atoms with Crippen molar-refractivity contribution in [3.8, 4) is 0 Å². The van der Waals surface area contributed by atoms with Gasteiger partial charge in [-0.1, -0.05) is 40.5 Å². The van der Waals surface area contributed by atoms with Crippen molar-refractivity contribution in [2.45, 2.75) is 78.2 Å². The van der Waals surface area contributed by atoms with Gasteiger partial charge in [0.25, 0.3) is 0 Å². The molecule has 2 atom stereocenters. The summed E-state index contributed by atoms with van der Waals surface area (Å²) in [4.78, 5) is 2.76. The summed E-state index contributed by atoms with van der Waals surface area (Å²) in [6.45, 7) is 13.0. The number of rotatable bonds is 3. The third kappa shape index (κ3) is 3.57. The molecule has 2 aliphatic rings. The minimum absolute atomic E-state index is 0.320. The summed E-state index contributed by atoms with van der Waals surface area (Å²) in [5.41, 5.74) is 7.14. The maximum Gasteiger partial charge on any atom is 0.0331 e. The van der Waals surface area contributed by atoms with Crippen LogP contribution in [0.4, 0.5) is 0 Å². The van der Waals surface area contributed by atoms with Crippen molar-refractivity contribution in [2.24, 2.45) is 23.0 Å². The fraction of sp³-hybridized carbons (Fsp3) is 1.00. The first kappa shape index (κ1) is 16.3. The van der Waals surface area contributed by atoms with E-state index in [2.05, 4.69) is 32.6 Å². The molecule has 2 nitrogen and oxygen atoms in total. The maximum absolute atomic E-state index is 6.29. The van der Waals surface area contributed by atoms with Gasteiger partial charge in [0.2, 0.25) is 0 Å². The van der Waals surface area contributed by atoms with E-state index in [0.717, 1.165) is 18.4 Å². The molecule has 1 saturated heterocycles. The fourth-order valence-corrected chi connectivity index (χ4v) is 4.32. The van der Waals surface area contributed by atoms with E-state index < -0.39 is 0 Å². The Hall–Kier alpha value is -0.0800. The van der Waals surface area contributed by atoms with Crippen LogP contribution in [0, 0.1) is 17.3 Å². The molecule has 1 heterocycles. The molecule has 2 heteroatoms. The molecule has 2 fully saturated rings. The monoisotopic (exact) mass is 280 g/mol. The molecule has 1 saturated carbocycles. The average molecular weight is 280 g/mol. The van der Waals surface area contributed by atoms with Crippen LogP contribution >= 0.6 is 0 Å². The summed E-state index contributed by atoms with van der Waals surface area (Å²) >= 11 is 0. The first-order valence-electron chi connectivity index (χ1n) is 8.84. The summed E-state index contributed by atoms with van der Waals surface area (Å²) in [5.74, 6) is 1.76. The Morgan fingerprint density at radius 3 is 2.25 bits per heavy atom. The van der Waals surface area contributed by atoms with Crippen LogP contribution in [0.25, 0.3) is 0 Å². The average Bonchev–Trinajstić information content (AvgIpc) is 2.62. The van der Waals surface area contributed by atoms with Crippen molar-refractivity contribution in [3.63, 3.8) is 0 Å². The first-order chi connectivity index (χ1) is 9.38. The van der Waals surface area contributed by atoms with E-state index in [1.165, 1.54) is 58.0 Å². The number of likely N-dealkylation sites (tertiary alicyclic amines) is 1. The zero-order chi connectivity index (χ0) is 14.8. The number of nitrogens with two attached hydrogens (primary N) is 1. The normalized spacial score (nSPS) is 36.0. The van der Waals surface area contributed by atoms with E-state index in [9.17, 15) is 0 Å². The van der Waals surface area contributed by atoms with Crippen molar-refractivity contribution in [1.82, 2.24) is 4.90 Å². The highest BCUT2D eigenvalue weighted by Gasteiger charge is 2.40. The summed E-state index contributed by atoms with van der Waals surface area (Å²) in [5, 5.41) is 0. The van der Waals surface area contributed by atoms with Crippen LogP contribution < -0.4 is 5.73 Å². The summed E-state index contributed by atoms with van der Waals surface area (Å²) < 4.78 is 0. The van der Waals surface area contributed by atoms with Crippen LogP contribution in [-0.2, 0) is 0 Å². The van der Waals surface area contributed by atoms with E-state index >= 15 is 0 Å². The Labute approximate surface area is 126 Å². The van der Waals surface area contributed by atoms with E-state index in [1.54, 1.807) is 0 Å². The van der Waals surface area contributed by atoms with Gasteiger partial charge in [-0.3, -0.25) is 4.90 Å². The van der Waals surface area contributed by atoms with Crippen LogP contribution in [0.1, 0.15) is 72.6 Å². The molecule has 0 aromatic rings. The van der Waals surface area contributed by atoms with Gasteiger partial charge in [-0.25, -0.2) is 0 Å². The molecule has 0 aromatic heterocycles. The van der Waals surface area contributed by atoms with Crippen molar-refractivity contribution >= 4 is 0 Å². The van der Waals surface area contributed by atoms with Gasteiger partial charge in [-0.15, -0.1) is 0 Å². The van der Waals surface area contributed by atoms with Crippen LogP contribution in [0.3, 0.4) is 0 Å². The molecule has 1 aliphatic carbocycles. The summed E-state index contributed by atoms with van der Waals surface area (Å²) in [6.07, 6.45) is 9.50. The second-order valence-electron chi connectivity index (χ2n) is 8.51. The molecule has 0 spiro atoms. The SMILES string of the molecule is CC(C)C1CCCC(CN)(N2CCC(C)(C)CC2)CC1. The second kappa shape index (κ2) is 6.36. The first-order valence-corrected chi connectivity index (χ1v) is 8.84. The Kier molecular flexibility index (Phi) is 5.18. The highest BCUT2D eigenvalue weighted by molar-refractivity contribution is 4.97. The van der Waals surface area contributed by atoms with E-state index in [4.69, 9.17) is 5.73 Å². The minimum Gasteiger partial charge on any atom is -0.329 e. The van der Waals surface area contributed by atoms with Gasteiger partial charge in [-0.05, 0) is 62.4 Å². The maximum atomic E-state index is 6.29. The van der Waals surface area contributed by atoms with Crippen LogP contribution in [-0.4, -0.2) is 30.1 Å². The number of nitrogens with zero attached hydrogens (tertiary/aromatic N) is 1. The lowest BCUT2D eigenvalue weighted by Gasteiger charge is -2.48. The lowest BCUT2D eigenvalue weighted by Crippen LogP contribution is -2.57. The Balaban J connectivity index is 2.02. The molecule has 2 rings (SSSR count). The molecule has 20 heavy (non-hydrogen) atoms. The van der Waals surface area contributed by atoms with Crippen LogP contribution in [0.5, 0.6) is 0 Å². The Morgan fingerprint density at radius 1 is 1.05 bits per heavy atom. The van der Waals surface area contributed by atoms with E-state index in [1.807, 2.05) is 0 Å². The highest BCUT2D eigenvalue weighted by atomic mass is 15.2. The molecule has 118 valence electrons. The number of hydrogen-bond acceptors (Lipinski definition) is 2. The van der Waals surface area contributed by atoms with Crippen molar-refractivity contribution in [2.75, 3.05) is 19.6 Å². The topological polar surface area (TPSA) is 29.3 Å². The molecule has 0 bridgehead atoms. The molecular weight excluding hydrogens is 244 g/mol. The molecule has 1 aliphatic heterocycles. The van der Waals surface area contributed by atoms with Crippen LogP contribution in [0.2, 0.25) is 0 Å². The van der Waals surface area contributed by atoms with Gasteiger partial charge in [0.05, 0.1) is 0 Å². The quantitative estimate of drug-likeness (QED) is 0.791. The van der Waals surface area contributed by atoms with Gasteiger partial charge in [0.15, 0.2) is 0 Å². The molecule has 2 N–H and O–H groups in total. The van der Waals surface area contributed by atoms with Gasteiger partial charge < -0.3 is 5.73 Å². The van der Waals surface area contributed by atoms with E-state index in [0.29, 0.717) is 11.0 Å². The fourth-order valence-electron chi connectivity index (χ4n) is 4.32. The summed E-state index contributed by atoms with van der Waals surface area (Å²) in [7, 11) is 0. The summed E-state index contributed by atoms with van der Waals surface area (Å²) in [6, 6.07) is 0. The number of hydrogen-bond donors (Lipinski definition) is 1. The Morgan fingerprint density at radius 2 is 1.70 bits per heavy atom. The van der Waals surface area contributed by atoms with Gasteiger partial charge >= 0.3 is 0 Å². The highest BCUT2D eigenvalue weighted by Crippen LogP contribution is 2.40. The molecule has 0 radical (unpaired) electrons. The number of piperidine rings is 1. The van der Waals surface area contributed by atoms with Crippen molar-refractivity contribution in [3.05, 3.63) is 0 Å². The standard InChI is InChI=1S/C18H36N2/c1-15(2)16-6-5-8-18(14-19,9-7-16)20-12-10-17(3,4)11-13-20/h15-16H,5-14,19H2,1-4H3. The lowest BCUT2D eigenvalue weighted by molar-refractivity contribution is 0.0216. The zero-order valence-electron chi connectivity index (χ0n) is 14.3. The van der Waals surface area contributed by atoms with E-state index in [-0.39, 0.29) is 0 Å². The molecule has 2 unspecified atom stereocenters. The van der Waals surface area contributed by atoms with Gasteiger partial charge in [-0.2, -0.15) is 0 Å². The van der Waals surface area contributed by atoms with Crippen molar-refractivity contribution < 1.29 is 0 Å². The largest absolute Gasteiger partial charge is 0.329 e. The third-order valence-corrected chi connectivity index (χ3v) is 6.31. The predicted molar refractivity (Wildman–Crippen MR) is 87.8 cm³/mol. The second-order valence-corrected chi connectivity index (χ2v) is 8.51. The van der Waals surface area contributed by atoms with Crippen LogP contribution in [0.15, 0.2) is 0 Å². The minimum atomic E-state index is 0.320. The third-order valence-electron chi connectivity index (χ3n) is 6.31. The molecule has 0 amide bonds.